The lowest BCUT2D eigenvalue weighted by atomic mass is 10.0. The van der Waals surface area contributed by atoms with E-state index < -0.39 is 34.3 Å². The Morgan fingerprint density at radius 1 is 0.923 bits per heavy atom. The summed E-state index contributed by atoms with van der Waals surface area (Å²) < 4.78 is 39.9. The van der Waals surface area contributed by atoms with Gasteiger partial charge in [0, 0.05) is 19.5 Å². The van der Waals surface area contributed by atoms with Gasteiger partial charge in [0.25, 0.3) is 0 Å². The van der Waals surface area contributed by atoms with E-state index in [1.807, 2.05) is 68.4 Å². The Kier molecular flexibility index (Phi) is 10.6. The molecule has 0 radical (unpaired) electrons. The van der Waals surface area contributed by atoms with Crippen LogP contribution in [0.15, 0.2) is 78.9 Å². The Bertz CT molecular complexity index is 1330. The topological polar surface area (TPSA) is 86.8 Å². The van der Waals surface area contributed by atoms with E-state index >= 15 is 0 Å². The van der Waals surface area contributed by atoms with E-state index in [1.54, 1.807) is 0 Å². The van der Waals surface area contributed by atoms with Crippen LogP contribution in [-0.4, -0.2) is 50.5 Å². The van der Waals surface area contributed by atoms with Gasteiger partial charge in [-0.05, 0) is 48.7 Å². The molecule has 3 aromatic carbocycles. The average Bonchev–Trinajstić information content (AvgIpc) is 2.91. The molecule has 0 aliphatic heterocycles. The van der Waals surface area contributed by atoms with Gasteiger partial charge in [-0.25, -0.2) is 12.8 Å². The maximum absolute atomic E-state index is 13.9. The van der Waals surface area contributed by atoms with Crippen LogP contribution in [0.4, 0.5) is 10.1 Å². The molecule has 3 rings (SSSR count). The van der Waals surface area contributed by atoms with Crippen LogP contribution < -0.4 is 9.62 Å². The Hall–Kier alpha value is -3.72. The van der Waals surface area contributed by atoms with Gasteiger partial charge in [0.15, 0.2) is 0 Å². The molecule has 1 N–H and O–H groups in total. The van der Waals surface area contributed by atoms with Crippen molar-refractivity contribution in [1.29, 1.82) is 0 Å². The third kappa shape index (κ3) is 8.92. The average molecular weight is 554 g/mol. The molecule has 0 saturated carbocycles. The number of nitrogens with one attached hydrogen (secondary N) is 1. The number of hydrogen-bond donors (Lipinski definition) is 1. The molecule has 0 heterocycles. The highest BCUT2D eigenvalue weighted by Gasteiger charge is 2.33. The molecule has 1 atom stereocenters. The molecule has 3 aromatic rings. The number of rotatable bonds is 13. The Morgan fingerprint density at radius 3 is 2.15 bits per heavy atom. The molecule has 0 saturated heterocycles. The lowest BCUT2D eigenvalue weighted by Gasteiger charge is -2.33. The predicted octanol–water partition coefficient (Wildman–Crippen LogP) is 4.46. The number of sulfonamides is 1. The Morgan fingerprint density at radius 2 is 1.56 bits per heavy atom. The standard InChI is InChI=1S/C30H36FN3O4S/c1-4-5-19-32-30(36)28(20-24-9-7-6-8-10-24)33(21-25-13-11-23(2)12-14-25)29(35)22-34(39(3,37)38)27-17-15-26(31)16-18-27/h6-18,28H,4-5,19-22H2,1-3H3,(H,32,36). The number of halogens is 1. The first kappa shape index (κ1) is 29.8. The van der Waals surface area contributed by atoms with Crippen LogP contribution in [0.25, 0.3) is 0 Å². The molecule has 0 bridgehead atoms. The molecule has 0 aliphatic rings. The predicted molar refractivity (Wildman–Crippen MR) is 152 cm³/mol. The summed E-state index contributed by atoms with van der Waals surface area (Å²) in [6.07, 6.45) is 2.94. The lowest BCUT2D eigenvalue weighted by Crippen LogP contribution is -2.53. The summed E-state index contributed by atoms with van der Waals surface area (Å²) in [4.78, 5) is 28.9. The van der Waals surface area contributed by atoms with Crippen LogP contribution in [0.1, 0.15) is 36.5 Å². The number of carbonyl (C=O) groups is 2. The zero-order valence-electron chi connectivity index (χ0n) is 22.6. The van der Waals surface area contributed by atoms with E-state index in [4.69, 9.17) is 0 Å². The fourth-order valence-electron chi connectivity index (χ4n) is 4.17. The third-order valence-corrected chi connectivity index (χ3v) is 7.51. The summed E-state index contributed by atoms with van der Waals surface area (Å²) in [5.74, 6) is -1.37. The summed E-state index contributed by atoms with van der Waals surface area (Å²) in [6.45, 7) is 4.02. The third-order valence-electron chi connectivity index (χ3n) is 6.37. The fraction of sp³-hybridized carbons (Fsp3) is 0.333. The van der Waals surface area contributed by atoms with Crippen LogP contribution in [0.5, 0.6) is 0 Å². The summed E-state index contributed by atoms with van der Waals surface area (Å²) in [5, 5.41) is 2.95. The van der Waals surface area contributed by atoms with E-state index in [0.29, 0.717) is 6.54 Å². The second kappa shape index (κ2) is 13.9. The fourth-order valence-corrected chi connectivity index (χ4v) is 5.02. The molecular formula is C30H36FN3O4S. The van der Waals surface area contributed by atoms with Gasteiger partial charge in [0.05, 0.1) is 11.9 Å². The Balaban J connectivity index is 2.01. The molecule has 7 nitrogen and oxygen atoms in total. The number of carbonyl (C=O) groups excluding carboxylic acids is 2. The van der Waals surface area contributed by atoms with Gasteiger partial charge in [0.1, 0.15) is 18.4 Å². The highest BCUT2D eigenvalue weighted by Crippen LogP contribution is 2.21. The van der Waals surface area contributed by atoms with E-state index in [9.17, 15) is 22.4 Å². The first-order valence-corrected chi connectivity index (χ1v) is 14.8. The normalized spacial score (nSPS) is 12.0. The van der Waals surface area contributed by atoms with Crippen molar-refractivity contribution in [2.45, 2.75) is 45.7 Å². The zero-order valence-corrected chi connectivity index (χ0v) is 23.5. The molecule has 208 valence electrons. The minimum Gasteiger partial charge on any atom is -0.354 e. The van der Waals surface area contributed by atoms with E-state index in [-0.39, 0.29) is 24.6 Å². The number of nitrogens with zero attached hydrogens (tertiary/aromatic N) is 2. The molecule has 9 heteroatoms. The van der Waals surface area contributed by atoms with E-state index in [2.05, 4.69) is 5.32 Å². The van der Waals surface area contributed by atoms with Crippen molar-refractivity contribution in [3.63, 3.8) is 0 Å². The second-order valence-corrected chi connectivity index (χ2v) is 11.5. The second-order valence-electron chi connectivity index (χ2n) is 9.60. The maximum atomic E-state index is 13.9. The lowest BCUT2D eigenvalue weighted by molar-refractivity contribution is -0.140. The molecule has 0 aromatic heterocycles. The van der Waals surface area contributed by atoms with Crippen molar-refractivity contribution in [2.24, 2.45) is 0 Å². The van der Waals surface area contributed by atoms with E-state index in [0.717, 1.165) is 52.2 Å². The van der Waals surface area contributed by atoms with Crippen LogP contribution in [-0.2, 0) is 32.6 Å². The quantitative estimate of drug-likeness (QED) is 0.317. The number of benzene rings is 3. The zero-order chi connectivity index (χ0) is 28.4. The number of amides is 2. The molecular weight excluding hydrogens is 517 g/mol. The summed E-state index contributed by atoms with van der Waals surface area (Å²) >= 11 is 0. The van der Waals surface area contributed by atoms with Crippen molar-refractivity contribution in [2.75, 3.05) is 23.7 Å². The largest absolute Gasteiger partial charge is 0.354 e. The SMILES string of the molecule is CCCCNC(=O)C(Cc1ccccc1)N(Cc1ccc(C)cc1)C(=O)CN(c1ccc(F)cc1)S(C)(=O)=O. The first-order chi connectivity index (χ1) is 18.6. The number of hydrogen-bond acceptors (Lipinski definition) is 4. The van der Waals surface area contributed by atoms with Crippen LogP contribution in [0.2, 0.25) is 0 Å². The van der Waals surface area contributed by atoms with Crippen molar-refractivity contribution in [3.05, 3.63) is 101 Å². The maximum Gasteiger partial charge on any atom is 0.244 e. The van der Waals surface area contributed by atoms with Crippen LogP contribution >= 0.6 is 0 Å². The summed E-state index contributed by atoms with van der Waals surface area (Å²) in [6, 6.07) is 21.0. The van der Waals surface area contributed by atoms with E-state index in [1.165, 1.54) is 17.0 Å². The van der Waals surface area contributed by atoms with Gasteiger partial charge in [-0.3, -0.25) is 13.9 Å². The number of aryl methyl sites for hydroxylation is 1. The van der Waals surface area contributed by atoms with Gasteiger partial charge in [-0.15, -0.1) is 0 Å². The van der Waals surface area contributed by atoms with Gasteiger partial charge in [-0.2, -0.15) is 0 Å². The highest BCUT2D eigenvalue weighted by atomic mass is 32.2. The van der Waals surface area contributed by atoms with Gasteiger partial charge < -0.3 is 10.2 Å². The smallest absolute Gasteiger partial charge is 0.244 e. The van der Waals surface area contributed by atoms with Crippen molar-refractivity contribution < 1.29 is 22.4 Å². The van der Waals surface area contributed by atoms with Crippen molar-refractivity contribution in [3.8, 4) is 0 Å². The number of unbranched alkanes of at least 4 members (excludes halogenated alkanes) is 1. The summed E-state index contributed by atoms with van der Waals surface area (Å²) in [5.41, 5.74) is 2.89. The Labute approximate surface area is 230 Å². The van der Waals surface area contributed by atoms with Crippen LogP contribution in [0.3, 0.4) is 0 Å². The monoisotopic (exact) mass is 553 g/mol. The molecule has 0 aliphatic carbocycles. The minimum atomic E-state index is -3.90. The first-order valence-electron chi connectivity index (χ1n) is 13.0. The molecule has 1 unspecified atom stereocenters. The van der Waals surface area contributed by atoms with Gasteiger partial charge in [-0.1, -0.05) is 73.5 Å². The van der Waals surface area contributed by atoms with Crippen molar-refractivity contribution >= 4 is 27.5 Å². The molecule has 0 spiro atoms. The molecule has 0 fully saturated rings. The van der Waals surface area contributed by atoms with Gasteiger partial charge >= 0.3 is 0 Å². The van der Waals surface area contributed by atoms with Crippen molar-refractivity contribution in [1.82, 2.24) is 10.2 Å². The van der Waals surface area contributed by atoms with Crippen LogP contribution in [0, 0.1) is 12.7 Å². The molecule has 2 amide bonds. The molecule has 39 heavy (non-hydrogen) atoms. The summed E-state index contributed by atoms with van der Waals surface area (Å²) in [7, 11) is -3.90. The van der Waals surface area contributed by atoms with Gasteiger partial charge in [0.2, 0.25) is 21.8 Å². The highest BCUT2D eigenvalue weighted by molar-refractivity contribution is 7.92. The minimum absolute atomic E-state index is 0.110. The number of anilines is 1.